The Labute approximate surface area is 379 Å². The van der Waals surface area contributed by atoms with Gasteiger partial charge >= 0.3 is 0 Å². The molecule has 0 bridgehead atoms. The maximum atomic E-state index is 12.5. The fourth-order valence-corrected chi connectivity index (χ4v) is 8.09. The quantitative estimate of drug-likeness (QED) is 0.0778. The number of carbonyl (C=O) groups excluding carboxylic acids is 2. The summed E-state index contributed by atoms with van der Waals surface area (Å²) in [6.07, 6.45) is 9.64. The van der Waals surface area contributed by atoms with Crippen LogP contribution in [0.4, 0.5) is 5.69 Å². The van der Waals surface area contributed by atoms with E-state index in [0.29, 0.717) is 51.9 Å². The number of anilines is 1. The molecule has 330 valence electrons. The Kier molecular flexibility index (Phi) is 14.1. The predicted octanol–water partition coefficient (Wildman–Crippen LogP) is 7.04. The van der Waals surface area contributed by atoms with Crippen LogP contribution in [0.25, 0.3) is 33.8 Å². The molecule has 8 N–H and O–H groups in total. The van der Waals surface area contributed by atoms with Crippen LogP contribution >= 0.6 is 31.9 Å². The Bertz CT molecular complexity index is 2750. The van der Waals surface area contributed by atoms with E-state index in [1.54, 1.807) is 12.3 Å². The summed E-state index contributed by atoms with van der Waals surface area (Å²) >= 11 is 6.76. The number of nitrogens with two attached hydrogens (primary N) is 3. The minimum absolute atomic E-state index is 0.0695. The summed E-state index contributed by atoms with van der Waals surface area (Å²) in [5.41, 5.74) is 24.6. The first-order chi connectivity index (χ1) is 29.0. The van der Waals surface area contributed by atoms with Crippen LogP contribution in [0.3, 0.4) is 0 Å². The average molecular weight is 994 g/mol. The molecule has 15 nitrogen and oxygen atoms in total. The molecule has 8 rings (SSSR count). The zero-order valence-electron chi connectivity index (χ0n) is 36.1. The van der Waals surface area contributed by atoms with Crippen molar-refractivity contribution in [3.63, 3.8) is 0 Å². The van der Waals surface area contributed by atoms with Crippen LogP contribution in [0.2, 0.25) is 0 Å². The molecule has 18 heteroatoms. The molecule has 0 radical (unpaired) electrons. The first-order valence-electron chi connectivity index (χ1n) is 20.4. The van der Waals surface area contributed by atoms with E-state index in [4.69, 9.17) is 17.2 Å². The fraction of sp³-hybridized carbons (Fsp3) is 0.409. The summed E-state index contributed by atoms with van der Waals surface area (Å²) in [6, 6.07) is 15.1. The third kappa shape index (κ3) is 12.1. The van der Waals surface area contributed by atoms with Crippen LogP contribution in [0.1, 0.15) is 91.6 Å². The topological polar surface area (TPSA) is 231 Å². The molecule has 0 unspecified atom stereocenters. The number of benzene rings is 2. The van der Waals surface area contributed by atoms with Gasteiger partial charge in [0.1, 0.15) is 14.1 Å². The summed E-state index contributed by atoms with van der Waals surface area (Å²) in [4.78, 5) is 33.8. The lowest BCUT2D eigenvalue weighted by Crippen LogP contribution is -2.40. The number of ketones is 1. The van der Waals surface area contributed by atoms with Crippen LogP contribution in [0, 0.1) is 19.8 Å². The summed E-state index contributed by atoms with van der Waals surface area (Å²) in [5.74, 6) is 0.762. The van der Waals surface area contributed by atoms with E-state index in [2.05, 4.69) is 62.7 Å². The van der Waals surface area contributed by atoms with Gasteiger partial charge in [-0.15, -0.1) is 0 Å². The number of fused-ring (bicyclic) bond motifs is 2. The highest BCUT2D eigenvalue weighted by molar-refractivity contribution is 9.10. The number of hydrogen-bond acceptors (Lipinski definition) is 12. The van der Waals surface area contributed by atoms with E-state index < -0.39 is 9.84 Å². The molecular formula is C44H55Br2N11O4S. The zero-order valence-corrected chi connectivity index (χ0v) is 40.1. The second-order valence-corrected chi connectivity index (χ2v) is 21.3. The molecule has 4 aromatic heterocycles. The smallest absolute Gasteiger partial charge is 0.251 e. The molecule has 2 aliphatic carbocycles. The van der Waals surface area contributed by atoms with Crippen molar-refractivity contribution >= 4 is 70.4 Å². The number of rotatable bonds is 12. The second kappa shape index (κ2) is 18.6. The molecular weight excluding hydrogens is 938 g/mol. The van der Waals surface area contributed by atoms with Gasteiger partial charge in [-0.2, -0.15) is 10.2 Å². The number of Topliss-reactive ketones (excluding diaryl/α,β-unsaturated/α-hetero) is 1. The predicted molar refractivity (Wildman–Crippen MR) is 251 cm³/mol. The highest BCUT2D eigenvalue weighted by Gasteiger charge is 2.27. The number of aryl methyl sites for hydroxylation is 2. The summed E-state index contributed by atoms with van der Waals surface area (Å²) < 4.78 is 28.5. The first-order valence-corrected chi connectivity index (χ1v) is 23.9. The van der Waals surface area contributed by atoms with Crippen molar-refractivity contribution in [2.24, 2.45) is 23.1 Å². The number of hydrogen-bond donors (Lipinski definition) is 5. The van der Waals surface area contributed by atoms with Gasteiger partial charge in [-0.1, -0.05) is 18.2 Å². The number of amides is 1. The van der Waals surface area contributed by atoms with Crippen molar-refractivity contribution in [2.75, 3.05) is 24.7 Å². The van der Waals surface area contributed by atoms with Gasteiger partial charge in [0.2, 0.25) is 0 Å². The monoisotopic (exact) mass is 991 g/mol. The highest BCUT2D eigenvalue weighted by atomic mass is 79.9. The Morgan fingerprint density at radius 1 is 0.790 bits per heavy atom. The molecule has 0 spiro atoms. The largest absolute Gasteiger partial charge is 0.380 e. The van der Waals surface area contributed by atoms with Gasteiger partial charge in [-0.3, -0.25) is 9.59 Å². The highest BCUT2D eigenvalue weighted by Crippen LogP contribution is 2.35. The standard InChI is InChI=1S/C22H26BrN5O.C18H17BrN4O3S.C4H12N2/c1-13-8-15(6-7-16(13)19(29)9-14-4-5-14)18-11-25-21-17(26-12-22(2,3)24)10-20(23)27-28(18)21;1-10-7-11(3-6-13(10)18(24)21-12-4-5-12)14-9-20-17-15(27(2,25)26)8-16(19)22-23(14)17;1-4(2,6)3-5/h6-8,10-11,14,26H,4-5,9,12,24H2,1-3H3;3,6-9,12H,4-5H2,1-2H3,(H,21,24);3,5-6H2,1-2H3. The third-order valence-electron chi connectivity index (χ3n) is 10.2. The summed E-state index contributed by atoms with van der Waals surface area (Å²) in [7, 11) is -3.46. The van der Waals surface area contributed by atoms with Crippen molar-refractivity contribution in [1.82, 2.24) is 34.5 Å². The summed E-state index contributed by atoms with van der Waals surface area (Å²) in [5, 5.41) is 15.3. The number of nitrogens with zero attached hydrogens (tertiary/aromatic N) is 6. The number of sulfone groups is 1. The van der Waals surface area contributed by atoms with Crippen molar-refractivity contribution in [2.45, 2.75) is 95.7 Å². The van der Waals surface area contributed by atoms with Gasteiger partial charge in [-0.25, -0.2) is 27.4 Å². The molecule has 6 aromatic rings. The molecule has 2 fully saturated rings. The molecule has 1 amide bonds. The molecule has 4 heterocycles. The SMILES string of the molecule is CC(C)(N)CN.Cc1cc(-c2cnc3c(NCC(C)(C)N)cc(Br)nn23)ccc1C(=O)CC1CC1.Cc1cc(-c2cnc3c(S(C)(=O)=O)cc(Br)nn23)ccc1C(=O)NC1CC1. The molecule has 2 aliphatic rings. The number of carbonyl (C=O) groups is 2. The van der Waals surface area contributed by atoms with Crippen LogP contribution in [0.15, 0.2) is 75.0 Å². The van der Waals surface area contributed by atoms with Crippen LogP contribution in [-0.2, 0) is 9.84 Å². The molecule has 62 heavy (non-hydrogen) atoms. The van der Waals surface area contributed by atoms with Gasteiger partial charge in [0.15, 0.2) is 26.9 Å². The first kappa shape index (κ1) is 46.9. The van der Waals surface area contributed by atoms with Crippen molar-refractivity contribution < 1.29 is 18.0 Å². The Morgan fingerprint density at radius 2 is 1.31 bits per heavy atom. The fourth-order valence-electron chi connectivity index (χ4n) is 6.37. The molecule has 2 aromatic carbocycles. The van der Waals surface area contributed by atoms with Gasteiger partial charge in [0.05, 0.1) is 29.5 Å². The van der Waals surface area contributed by atoms with Gasteiger partial charge in [0, 0.05) is 65.1 Å². The van der Waals surface area contributed by atoms with E-state index in [9.17, 15) is 18.0 Å². The molecule has 0 aliphatic heterocycles. The molecule has 2 saturated carbocycles. The third-order valence-corrected chi connectivity index (χ3v) is 12.0. The van der Waals surface area contributed by atoms with E-state index >= 15 is 0 Å². The number of nitrogens with one attached hydrogen (secondary N) is 2. The lowest BCUT2D eigenvalue weighted by Gasteiger charge is -2.20. The minimum Gasteiger partial charge on any atom is -0.380 e. The average Bonchev–Trinajstić information content (AvgIpc) is 4.10. The lowest BCUT2D eigenvalue weighted by atomic mass is 9.98. The minimum atomic E-state index is -3.46. The maximum absolute atomic E-state index is 12.5. The molecule has 0 atom stereocenters. The van der Waals surface area contributed by atoms with Gasteiger partial charge < -0.3 is 27.8 Å². The zero-order chi connectivity index (χ0) is 45.3. The van der Waals surface area contributed by atoms with E-state index in [1.807, 2.05) is 88.7 Å². The normalized spacial score (nSPS) is 14.2. The van der Waals surface area contributed by atoms with Crippen LogP contribution in [-0.4, -0.2) is 85.8 Å². The van der Waals surface area contributed by atoms with Crippen molar-refractivity contribution in [3.05, 3.63) is 92.4 Å². The Hall–Kier alpha value is -4.59. The second-order valence-electron chi connectivity index (χ2n) is 17.7. The van der Waals surface area contributed by atoms with E-state index in [0.717, 1.165) is 63.9 Å². The lowest BCUT2D eigenvalue weighted by molar-refractivity contribution is 0.0948. The number of aromatic nitrogens is 6. The van der Waals surface area contributed by atoms with Gasteiger partial charge in [0.25, 0.3) is 5.91 Å². The van der Waals surface area contributed by atoms with E-state index in [-0.39, 0.29) is 33.3 Å². The van der Waals surface area contributed by atoms with Gasteiger partial charge in [-0.05, 0) is 146 Å². The number of halogens is 2. The van der Waals surface area contributed by atoms with Crippen LogP contribution < -0.4 is 27.8 Å². The number of imidazole rings is 2. The van der Waals surface area contributed by atoms with E-state index in [1.165, 1.54) is 23.4 Å². The molecule has 0 saturated heterocycles. The summed E-state index contributed by atoms with van der Waals surface area (Å²) in [6.45, 7) is 12.8. The maximum Gasteiger partial charge on any atom is 0.251 e. The van der Waals surface area contributed by atoms with Crippen LogP contribution in [0.5, 0.6) is 0 Å². The van der Waals surface area contributed by atoms with Crippen molar-refractivity contribution in [1.29, 1.82) is 0 Å². The van der Waals surface area contributed by atoms with Crippen molar-refractivity contribution in [3.8, 4) is 22.5 Å². The Balaban J connectivity index is 0.000000183. The Morgan fingerprint density at radius 3 is 1.79 bits per heavy atom.